The lowest BCUT2D eigenvalue weighted by molar-refractivity contribution is -0.385. The number of carbonyl (C=O) groups is 1. The van der Waals surface area contributed by atoms with Gasteiger partial charge in [0.25, 0.3) is 5.69 Å². The molecule has 1 aromatic carbocycles. The zero-order chi connectivity index (χ0) is 13.7. The lowest BCUT2D eigenvalue weighted by Crippen LogP contribution is -2.26. The Morgan fingerprint density at radius 3 is 2.67 bits per heavy atom. The molecule has 0 fully saturated rings. The number of carboxylic acids is 1. The molecule has 0 saturated carbocycles. The van der Waals surface area contributed by atoms with Crippen LogP contribution in [0.25, 0.3) is 0 Å². The molecule has 0 heterocycles. The van der Waals surface area contributed by atoms with Gasteiger partial charge in [-0.15, -0.1) is 0 Å². The maximum Gasteiger partial charge on any atom is 0.344 e. The van der Waals surface area contributed by atoms with Crippen molar-refractivity contribution in [2.24, 2.45) is 0 Å². The fourth-order valence-corrected chi connectivity index (χ4v) is 1.38. The summed E-state index contributed by atoms with van der Waals surface area (Å²) in [5.74, 6) is -0.989. The summed E-state index contributed by atoms with van der Waals surface area (Å²) in [4.78, 5) is 20.8. The monoisotopic (exact) mass is 255 g/mol. The van der Waals surface area contributed by atoms with E-state index in [1.165, 1.54) is 12.1 Å². The Labute approximate surface area is 103 Å². The number of nitro groups is 1. The second kappa shape index (κ2) is 5.97. The molecule has 0 bridgehead atoms. The zero-order valence-corrected chi connectivity index (χ0v) is 9.70. The number of ether oxygens (including phenoxy) is 1. The SMILES string of the molecule is CCC(Oc1ccc([N+](=O)[O-])cc1CO)C(=O)O. The first kappa shape index (κ1) is 13.9. The summed E-state index contributed by atoms with van der Waals surface area (Å²) in [6, 6.07) is 3.64. The number of nitrogens with zero attached hydrogens (tertiary/aromatic N) is 1. The van der Waals surface area contributed by atoms with Gasteiger partial charge in [-0.25, -0.2) is 4.79 Å². The number of hydrogen-bond acceptors (Lipinski definition) is 5. The molecule has 98 valence electrons. The maximum absolute atomic E-state index is 10.8. The van der Waals surface area contributed by atoms with Gasteiger partial charge in [-0.3, -0.25) is 10.1 Å². The van der Waals surface area contributed by atoms with E-state index in [0.717, 1.165) is 6.07 Å². The first-order valence-electron chi connectivity index (χ1n) is 5.27. The third kappa shape index (κ3) is 3.17. The Bertz CT molecular complexity index is 459. The summed E-state index contributed by atoms with van der Waals surface area (Å²) < 4.78 is 5.20. The molecular weight excluding hydrogens is 242 g/mol. The van der Waals surface area contributed by atoms with Crippen molar-refractivity contribution in [2.45, 2.75) is 26.1 Å². The van der Waals surface area contributed by atoms with Gasteiger partial charge in [0, 0.05) is 17.7 Å². The lowest BCUT2D eigenvalue weighted by Gasteiger charge is -2.15. The normalized spacial score (nSPS) is 11.9. The average molecular weight is 255 g/mol. The number of aliphatic carboxylic acids is 1. The van der Waals surface area contributed by atoms with Crippen LogP contribution >= 0.6 is 0 Å². The summed E-state index contributed by atoms with van der Waals surface area (Å²) in [6.45, 7) is 1.18. The van der Waals surface area contributed by atoms with Crippen LogP contribution < -0.4 is 4.74 Å². The van der Waals surface area contributed by atoms with Crippen LogP contribution in [0.3, 0.4) is 0 Å². The topological polar surface area (TPSA) is 110 Å². The van der Waals surface area contributed by atoms with Gasteiger partial charge in [0.2, 0.25) is 0 Å². The van der Waals surface area contributed by atoms with E-state index in [1.807, 2.05) is 0 Å². The molecule has 1 atom stereocenters. The van der Waals surface area contributed by atoms with E-state index in [4.69, 9.17) is 14.9 Å². The van der Waals surface area contributed by atoms with Gasteiger partial charge in [-0.1, -0.05) is 6.92 Å². The van der Waals surface area contributed by atoms with E-state index in [0.29, 0.717) is 0 Å². The highest BCUT2D eigenvalue weighted by atomic mass is 16.6. The number of aliphatic hydroxyl groups excluding tert-OH is 1. The zero-order valence-electron chi connectivity index (χ0n) is 9.70. The molecule has 2 N–H and O–H groups in total. The number of nitro benzene ring substituents is 1. The summed E-state index contributed by atoms with van der Waals surface area (Å²) >= 11 is 0. The smallest absolute Gasteiger partial charge is 0.344 e. The van der Waals surface area contributed by atoms with Crippen molar-refractivity contribution in [3.05, 3.63) is 33.9 Å². The highest BCUT2D eigenvalue weighted by Gasteiger charge is 2.19. The fourth-order valence-electron chi connectivity index (χ4n) is 1.38. The van der Waals surface area contributed by atoms with Crippen LogP contribution in [-0.4, -0.2) is 27.2 Å². The largest absolute Gasteiger partial charge is 0.479 e. The molecule has 7 nitrogen and oxygen atoms in total. The van der Waals surface area contributed by atoms with Gasteiger partial charge >= 0.3 is 5.97 Å². The van der Waals surface area contributed by atoms with E-state index < -0.39 is 23.6 Å². The minimum Gasteiger partial charge on any atom is -0.479 e. The third-order valence-corrected chi connectivity index (χ3v) is 2.34. The second-order valence-corrected chi connectivity index (χ2v) is 3.56. The summed E-state index contributed by atoms with van der Waals surface area (Å²) in [5, 5.41) is 28.5. The molecule has 0 aliphatic rings. The molecule has 1 unspecified atom stereocenters. The van der Waals surface area contributed by atoms with Crippen molar-refractivity contribution in [1.82, 2.24) is 0 Å². The van der Waals surface area contributed by atoms with Crippen LogP contribution in [0.15, 0.2) is 18.2 Å². The first-order chi connectivity index (χ1) is 8.49. The van der Waals surface area contributed by atoms with E-state index in [2.05, 4.69) is 0 Å². The van der Waals surface area contributed by atoms with Crippen molar-refractivity contribution >= 4 is 11.7 Å². The van der Waals surface area contributed by atoms with Crippen LogP contribution in [0.1, 0.15) is 18.9 Å². The molecule has 0 radical (unpaired) electrons. The highest BCUT2D eigenvalue weighted by molar-refractivity contribution is 5.72. The van der Waals surface area contributed by atoms with Crippen LogP contribution in [0.5, 0.6) is 5.75 Å². The maximum atomic E-state index is 10.8. The predicted octanol–water partition coefficient (Wildman–Crippen LogP) is 1.33. The van der Waals surface area contributed by atoms with Crippen LogP contribution in [0.2, 0.25) is 0 Å². The molecule has 0 saturated heterocycles. The second-order valence-electron chi connectivity index (χ2n) is 3.56. The van der Waals surface area contributed by atoms with Crippen LogP contribution in [-0.2, 0) is 11.4 Å². The van der Waals surface area contributed by atoms with Crippen molar-refractivity contribution < 1.29 is 24.7 Å². The highest BCUT2D eigenvalue weighted by Crippen LogP contribution is 2.25. The third-order valence-electron chi connectivity index (χ3n) is 2.34. The minimum absolute atomic E-state index is 0.136. The van der Waals surface area contributed by atoms with Gasteiger partial charge in [0.15, 0.2) is 6.10 Å². The number of non-ortho nitro benzene ring substituents is 1. The molecule has 1 rings (SSSR count). The Kier molecular flexibility index (Phi) is 4.61. The predicted molar refractivity (Wildman–Crippen MR) is 61.4 cm³/mol. The van der Waals surface area contributed by atoms with E-state index in [1.54, 1.807) is 6.92 Å². The molecular formula is C11H13NO6. The molecule has 0 aliphatic heterocycles. The molecule has 18 heavy (non-hydrogen) atoms. The van der Waals surface area contributed by atoms with Crippen LogP contribution in [0, 0.1) is 10.1 Å². The fraction of sp³-hybridized carbons (Fsp3) is 0.364. The summed E-state index contributed by atoms with van der Waals surface area (Å²) in [5.41, 5.74) is -0.00123. The molecule has 0 amide bonds. The van der Waals surface area contributed by atoms with Gasteiger partial charge in [-0.2, -0.15) is 0 Å². The van der Waals surface area contributed by atoms with E-state index >= 15 is 0 Å². The molecule has 1 aromatic rings. The molecule has 0 aromatic heterocycles. The van der Waals surface area contributed by atoms with E-state index in [-0.39, 0.29) is 23.4 Å². The Hall–Kier alpha value is -2.15. The number of benzene rings is 1. The van der Waals surface area contributed by atoms with Crippen molar-refractivity contribution in [3.63, 3.8) is 0 Å². The van der Waals surface area contributed by atoms with Gasteiger partial charge < -0.3 is 14.9 Å². The summed E-state index contributed by atoms with van der Waals surface area (Å²) in [7, 11) is 0. The number of aliphatic hydroxyl groups is 1. The van der Waals surface area contributed by atoms with Crippen molar-refractivity contribution in [2.75, 3.05) is 0 Å². The Morgan fingerprint density at radius 1 is 1.56 bits per heavy atom. The van der Waals surface area contributed by atoms with Gasteiger partial charge in [-0.05, 0) is 12.5 Å². The number of carboxylic acid groups (broad SMARTS) is 1. The van der Waals surface area contributed by atoms with Crippen molar-refractivity contribution in [3.8, 4) is 5.75 Å². The standard InChI is InChI=1S/C11H13NO6/c1-2-9(11(14)15)18-10-4-3-8(12(16)17)5-7(10)6-13/h3-5,9,13H,2,6H2,1H3,(H,14,15). The van der Waals surface area contributed by atoms with Gasteiger partial charge in [0.05, 0.1) is 11.5 Å². The molecule has 0 spiro atoms. The first-order valence-corrected chi connectivity index (χ1v) is 5.27. The molecule has 7 heteroatoms. The number of hydrogen-bond donors (Lipinski definition) is 2. The minimum atomic E-state index is -1.13. The molecule has 0 aliphatic carbocycles. The van der Waals surface area contributed by atoms with E-state index in [9.17, 15) is 14.9 Å². The Morgan fingerprint density at radius 2 is 2.22 bits per heavy atom. The average Bonchev–Trinajstić information content (AvgIpc) is 2.35. The number of rotatable bonds is 6. The summed E-state index contributed by atoms with van der Waals surface area (Å²) in [6.07, 6.45) is -0.797. The van der Waals surface area contributed by atoms with Crippen LogP contribution in [0.4, 0.5) is 5.69 Å². The van der Waals surface area contributed by atoms with Gasteiger partial charge in [0.1, 0.15) is 5.75 Å². The lowest BCUT2D eigenvalue weighted by atomic mass is 10.2. The van der Waals surface area contributed by atoms with Crippen molar-refractivity contribution in [1.29, 1.82) is 0 Å². The quantitative estimate of drug-likeness (QED) is 0.586. The Balaban J connectivity index is 3.02.